The molecular formula is C16H12F2O. The van der Waals surface area contributed by atoms with Crippen LogP contribution in [0.5, 0.6) is 5.75 Å². The molecule has 2 aromatic carbocycles. The predicted octanol–water partition coefficient (Wildman–Crippen LogP) is 3.76. The highest BCUT2D eigenvalue weighted by Crippen LogP contribution is 2.12. The Hall–Kier alpha value is -2.34. The van der Waals surface area contributed by atoms with Crippen molar-refractivity contribution >= 4 is 0 Å². The standard InChI is InChI=1S/C16H12F2O/c1-2-19-14-8-5-12(6-9-14)3-4-13-7-10-15(17)16(18)11-13/h5-11H,2H2,1H3. The van der Waals surface area contributed by atoms with Crippen LogP contribution < -0.4 is 4.74 Å². The van der Waals surface area contributed by atoms with Crippen molar-refractivity contribution in [3.05, 3.63) is 65.2 Å². The second-order valence-corrected chi connectivity index (χ2v) is 3.84. The molecule has 0 bridgehead atoms. The maximum Gasteiger partial charge on any atom is 0.160 e. The lowest BCUT2D eigenvalue weighted by molar-refractivity contribution is 0.340. The van der Waals surface area contributed by atoms with E-state index in [1.54, 1.807) is 0 Å². The van der Waals surface area contributed by atoms with Crippen molar-refractivity contribution in [2.24, 2.45) is 0 Å². The highest BCUT2D eigenvalue weighted by Gasteiger charge is 2.00. The molecule has 0 spiro atoms. The predicted molar refractivity (Wildman–Crippen MR) is 69.9 cm³/mol. The number of benzene rings is 2. The number of rotatable bonds is 2. The third kappa shape index (κ3) is 3.56. The van der Waals surface area contributed by atoms with Gasteiger partial charge >= 0.3 is 0 Å². The Bertz CT molecular complexity index is 621. The number of hydrogen-bond donors (Lipinski definition) is 0. The van der Waals surface area contributed by atoms with Gasteiger partial charge in [-0.05, 0) is 49.4 Å². The van der Waals surface area contributed by atoms with Crippen LogP contribution >= 0.6 is 0 Å². The van der Waals surface area contributed by atoms with Crippen LogP contribution in [0.25, 0.3) is 0 Å². The number of ether oxygens (including phenoxy) is 1. The molecule has 0 aliphatic rings. The quantitative estimate of drug-likeness (QED) is 0.745. The lowest BCUT2D eigenvalue weighted by Gasteiger charge is -2.01. The molecule has 0 amide bonds. The zero-order valence-electron chi connectivity index (χ0n) is 10.4. The molecule has 0 heterocycles. The highest BCUT2D eigenvalue weighted by atomic mass is 19.2. The molecular weight excluding hydrogens is 246 g/mol. The van der Waals surface area contributed by atoms with E-state index in [1.807, 2.05) is 31.2 Å². The Kier molecular flexibility index (Phi) is 4.15. The minimum absolute atomic E-state index is 0.438. The van der Waals surface area contributed by atoms with E-state index in [4.69, 9.17) is 4.74 Å². The number of hydrogen-bond acceptors (Lipinski definition) is 1. The Morgan fingerprint density at radius 1 is 0.895 bits per heavy atom. The topological polar surface area (TPSA) is 9.23 Å². The molecule has 19 heavy (non-hydrogen) atoms. The van der Waals surface area contributed by atoms with Crippen molar-refractivity contribution in [3.8, 4) is 17.6 Å². The molecule has 1 nitrogen and oxygen atoms in total. The summed E-state index contributed by atoms with van der Waals surface area (Å²) < 4.78 is 31.0. The van der Waals surface area contributed by atoms with Gasteiger partial charge in [-0.1, -0.05) is 11.8 Å². The van der Waals surface area contributed by atoms with Gasteiger partial charge in [0.1, 0.15) is 5.75 Å². The molecule has 2 rings (SSSR count). The van der Waals surface area contributed by atoms with Gasteiger partial charge in [-0.3, -0.25) is 0 Å². The Balaban J connectivity index is 2.16. The highest BCUT2D eigenvalue weighted by molar-refractivity contribution is 5.44. The lowest BCUT2D eigenvalue weighted by Crippen LogP contribution is -1.90. The monoisotopic (exact) mass is 258 g/mol. The number of halogens is 2. The first-order valence-electron chi connectivity index (χ1n) is 5.89. The zero-order valence-corrected chi connectivity index (χ0v) is 10.4. The summed E-state index contributed by atoms with van der Waals surface area (Å²) in [5.74, 6) is 4.68. The maximum absolute atomic E-state index is 13.0. The van der Waals surface area contributed by atoms with Crippen LogP contribution in [0.2, 0.25) is 0 Å². The second-order valence-electron chi connectivity index (χ2n) is 3.84. The van der Waals surface area contributed by atoms with Crippen LogP contribution in [0, 0.1) is 23.5 Å². The van der Waals surface area contributed by atoms with Gasteiger partial charge in [0.25, 0.3) is 0 Å². The van der Waals surface area contributed by atoms with E-state index in [2.05, 4.69) is 11.8 Å². The third-order valence-electron chi connectivity index (χ3n) is 2.44. The van der Waals surface area contributed by atoms with Crippen LogP contribution in [0.4, 0.5) is 8.78 Å². The summed E-state index contributed by atoms with van der Waals surface area (Å²) in [6.45, 7) is 2.52. The van der Waals surface area contributed by atoms with Gasteiger partial charge < -0.3 is 4.74 Å². The molecule has 0 atom stereocenters. The first-order valence-corrected chi connectivity index (χ1v) is 5.89. The van der Waals surface area contributed by atoms with Gasteiger partial charge in [0.05, 0.1) is 6.61 Å². The van der Waals surface area contributed by atoms with E-state index in [9.17, 15) is 8.78 Å². The smallest absolute Gasteiger partial charge is 0.160 e. The molecule has 0 fully saturated rings. The fraction of sp³-hybridized carbons (Fsp3) is 0.125. The zero-order chi connectivity index (χ0) is 13.7. The van der Waals surface area contributed by atoms with E-state index in [0.29, 0.717) is 12.2 Å². The molecule has 0 radical (unpaired) electrons. The van der Waals surface area contributed by atoms with Crippen LogP contribution in [0.1, 0.15) is 18.1 Å². The van der Waals surface area contributed by atoms with Gasteiger partial charge in [-0.2, -0.15) is 0 Å². The molecule has 3 heteroatoms. The molecule has 0 unspecified atom stereocenters. The molecule has 0 saturated carbocycles. The van der Waals surface area contributed by atoms with Crippen molar-refractivity contribution in [2.75, 3.05) is 6.61 Å². The van der Waals surface area contributed by atoms with E-state index in [1.165, 1.54) is 6.07 Å². The average Bonchev–Trinajstić information content (AvgIpc) is 2.42. The molecule has 0 N–H and O–H groups in total. The fourth-order valence-corrected chi connectivity index (χ4v) is 1.52. The van der Waals surface area contributed by atoms with Gasteiger partial charge in [0.15, 0.2) is 11.6 Å². The SMILES string of the molecule is CCOc1ccc(C#Cc2ccc(F)c(F)c2)cc1. The summed E-state index contributed by atoms with van der Waals surface area (Å²) in [5.41, 5.74) is 1.22. The minimum Gasteiger partial charge on any atom is -0.494 e. The second kappa shape index (κ2) is 6.01. The molecule has 0 aliphatic carbocycles. The molecule has 96 valence electrons. The molecule has 0 aliphatic heterocycles. The fourth-order valence-electron chi connectivity index (χ4n) is 1.52. The Labute approximate surface area is 110 Å². The van der Waals surface area contributed by atoms with Crippen molar-refractivity contribution in [1.29, 1.82) is 0 Å². The summed E-state index contributed by atoms with van der Waals surface area (Å²) >= 11 is 0. The van der Waals surface area contributed by atoms with E-state index < -0.39 is 11.6 Å². The summed E-state index contributed by atoms with van der Waals surface area (Å²) in [7, 11) is 0. The van der Waals surface area contributed by atoms with Gasteiger partial charge in [-0.15, -0.1) is 0 Å². The molecule has 0 aromatic heterocycles. The summed E-state index contributed by atoms with van der Waals surface area (Å²) in [4.78, 5) is 0. The first-order chi connectivity index (χ1) is 9.19. The minimum atomic E-state index is -0.890. The van der Waals surface area contributed by atoms with Crippen molar-refractivity contribution in [1.82, 2.24) is 0 Å². The van der Waals surface area contributed by atoms with Crippen LogP contribution in [0.3, 0.4) is 0 Å². The van der Waals surface area contributed by atoms with Crippen LogP contribution in [-0.2, 0) is 0 Å². The molecule has 0 saturated heterocycles. The average molecular weight is 258 g/mol. The van der Waals surface area contributed by atoms with Crippen molar-refractivity contribution in [3.63, 3.8) is 0 Å². The van der Waals surface area contributed by atoms with Crippen LogP contribution in [0.15, 0.2) is 42.5 Å². The van der Waals surface area contributed by atoms with Crippen LogP contribution in [-0.4, -0.2) is 6.61 Å². The van der Waals surface area contributed by atoms with Crippen molar-refractivity contribution < 1.29 is 13.5 Å². The summed E-state index contributed by atoms with van der Waals surface area (Å²) in [6.07, 6.45) is 0. The van der Waals surface area contributed by atoms with Gasteiger partial charge in [0, 0.05) is 11.1 Å². The lowest BCUT2D eigenvalue weighted by atomic mass is 10.1. The Morgan fingerprint density at radius 3 is 2.16 bits per heavy atom. The van der Waals surface area contributed by atoms with E-state index >= 15 is 0 Å². The summed E-state index contributed by atoms with van der Waals surface area (Å²) in [5, 5.41) is 0. The summed E-state index contributed by atoms with van der Waals surface area (Å²) in [6, 6.07) is 10.9. The Morgan fingerprint density at radius 2 is 1.53 bits per heavy atom. The largest absolute Gasteiger partial charge is 0.494 e. The van der Waals surface area contributed by atoms with Crippen molar-refractivity contribution in [2.45, 2.75) is 6.92 Å². The van der Waals surface area contributed by atoms with E-state index in [-0.39, 0.29) is 0 Å². The first kappa shape index (κ1) is 13.1. The van der Waals surface area contributed by atoms with Gasteiger partial charge in [0.2, 0.25) is 0 Å². The maximum atomic E-state index is 13.0. The third-order valence-corrected chi connectivity index (χ3v) is 2.44. The van der Waals surface area contributed by atoms with Gasteiger partial charge in [-0.25, -0.2) is 8.78 Å². The normalized spacial score (nSPS) is 9.63. The van der Waals surface area contributed by atoms with E-state index in [0.717, 1.165) is 23.4 Å². The molecule has 2 aromatic rings.